The molecule has 1 saturated heterocycles. The minimum Gasteiger partial charge on any atom is -0.372 e. The molecule has 1 aliphatic heterocycles. The maximum absolute atomic E-state index is 12.1. The molecular formula is C11H16N4O2S. The molecule has 0 aliphatic carbocycles. The lowest BCUT2D eigenvalue weighted by molar-refractivity contribution is 0.252. The number of hydrazone groups is 1. The first-order valence-corrected chi connectivity index (χ1v) is 7.19. The number of nitrogens with one attached hydrogen (secondary N) is 1. The SMILES string of the molecule is NC(=NN1CCNCC1)S(=O)(=O)c1ccccc1. The standard InChI is InChI=1S/C11H16N4O2S/c12-11(14-15-8-6-13-7-9-15)18(16,17)10-4-2-1-3-5-10/h1-5,13H,6-9H2,(H2,12,14). The summed E-state index contributed by atoms with van der Waals surface area (Å²) >= 11 is 0. The largest absolute Gasteiger partial charge is 0.372 e. The Hall–Kier alpha value is -1.60. The molecule has 0 amide bonds. The summed E-state index contributed by atoms with van der Waals surface area (Å²) in [6, 6.07) is 8.09. The van der Waals surface area contributed by atoms with E-state index < -0.39 is 9.84 Å². The van der Waals surface area contributed by atoms with E-state index in [1.54, 1.807) is 23.2 Å². The van der Waals surface area contributed by atoms with Crippen molar-refractivity contribution >= 4 is 15.0 Å². The van der Waals surface area contributed by atoms with Crippen molar-refractivity contribution in [3.8, 4) is 0 Å². The van der Waals surface area contributed by atoms with E-state index in [1.165, 1.54) is 12.1 Å². The van der Waals surface area contributed by atoms with Gasteiger partial charge in [-0.15, -0.1) is 5.10 Å². The van der Waals surface area contributed by atoms with Gasteiger partial charge < -0.3 is 11.1 Å². The smallest absolute Gasteiger partial charge is 0.241 e. The summed E-state index contributed by atoms with van der Waals surface area (Å²) in [5, 5.41) is 8.46. The van der Waals surface area contributed by atoms with Crippen LogP contribution in [0.3, 0.4) is 0 Å². The Balaban J connectivity index is 2.22. The second-order valence-electron chi connectivity index (χ2n) is 3.96. The Morgan fingerprint density at radius 3 is 2.44 bits per heavy atom. The molecule has 1 heterocycles. The molecule has 98 valence electrons. The van der Waals surface area contributed by atoms with Crippen molar-refractivity contribution in [1.82, 2.24) is 10.3 Å². The number of rotatable bonds is 2. The number of hydrogen-bond donors (Lipinski definition) is 2. The normalized spacial score (nSPS) is 17.8. The van der Waals surface area contributed by atoms with Crippen molar-refractivity contribution in [1.29, 1.82) is 0 Å². The molecule has 0 spiro atoms. The quantitative estimate of drug-likeness (QED) is 0.562. The van der Waals surface area contributed by atoms with Crippen molar-refractivity contribution < 1.29 is 8.42 Å². The molecule has 0 radical (unpaired) electrons. The van der Waals surface area contributed by atoms with E-state index in [9.17, 15) is 8.42 Å². The molecule has 7 heteroatoms. The van der Waals surface area contributed by atoms with Gasteiger partial charge in [0.1, 0.15) is 0 Å². The van der Waals surface area contributed by atoms with Gasteiger partial charge in [-0.1, -0.05) is 18.2 Å². The minimum absolute atomic E-state index is 0.168. The Bertz CT molecular complexity index is 521. The highest BCUT2D eigenvalue weighted by Crippen LogP contribution is 2.10. The van der Waals surface area contributed by atoms with Crippen LogP contribution in [0.25, 0.3) is 0 Å². The fraction of sp³-hybridized carbons (Fsp3) is 0.364. The molecule has 1 aromatic carbocycles. The predicted octanol–water partition coefficient (Wildman–Crippen LogP) is -0.405. The molecule has 18 heavy (non-hydrogen) atoms. The van der Waals surface area contributed by atoms with E-state index >= 15 is 0 Å². The molecule has 0 atom stereocenters. The molecule has 0 aromatic heterocycles. The van der Waals surface area contributed by atoms with Gasteiger partial charge in [0.25, 0.3) is 0 Å². The molecule has 0 unspecified atom stereocenters. The third-order valence-corrected chi connectivity index (χ3v) is 4.19. The van der Waals surface area contributed by atoms with Gasteiger partial charge in [-0.05, 0) is 12.1 Å². The zero-order chi connectivity index (χ0) is 13.0. The van der Waals surface area contributed by atoms with Gasteiger partial charge in [0.2, 0.25) is 15.0 Å². The lowest BCUT2D eigenvalue weighted by Gasteiger charge is -2.24. The molecule has 3 N–H and O–H groups in total. The molecular weight excluding hydrogens is 252 g/mol. The van der Waals surface area contributed by atoms with Crippen LogP contribution in [-0.4, -0.2) is 44.8 Å². The Morgan fingerprint density at radius 1 is 1.22 bits per heavy atom. The van der Waals surface area contributed by atoms with Crippen molar-refractivity contribution in [3.05, 3.63) is 30.3 Å². The molecule has 0 bridgehead atoms. The summed E-state index contributed by atoms with van der Waals surface area (Å²) in [6.07, 6.45) is 0. The van der Waals surface area contributed by atoms with Crippen LogP contribution in [0.4, 0.5) is 0 Å². The Kier molecular flexibility index (Phi) is 3.83. The maximum atomic E-state index is 12.1. The molecule has 0 saturated carbocycles. The van der Waals surface area contributed by atoms with Crippen LogP contribution in [0, 0.1) is 0 Å². The van der Waals surface area contributed by atoms with Crippen molar-refractivity contribution in [2.75, 3.05) is 26.2 Å². The van der Waals surface area contributed by atoms with E-state index in [0.717, 1.165) is 13.1 Å². The van der Waals surface area contributed by atoms with Gasteiger partial charge in [0, 0.05) is 26.2 Å². The number of piperazine rings is 1. The minimum atomic E-state index is -3.67. The number of amidine groups is 1. The van der Waals surface area contributed by atoms with E-state index in [1.807, 2.05) is 0 Å². The summed E-state index contributed by atoms with van der Waals surface area (Å²) in [5.74, 6) is 0. The summed E-state index contributed by atoms with van der Waals surface area (Å²) in [7, 11) is -3.67. The fourth-order valence-corrected chi connectivity index (χ4v) is 2.65. The molecule has 1 aliphatic rings. The molecule has 1 fully saturated rings. The van der Waals surface area contributed by atoms with Gasteiger partial charge in [-0.25, -0.2) is 8.42 Å². The van der Waals surface area contributed by atoms with Crippen LogP contribution in [0.1, 0.15) is 0 Å². The van der Waals surface area contributed by atoms with Crippen LogP contribution >= 0.6 is 0 Å². The zero-order valence-corrected chi connectivity index (χ0v) is 10.7. The van der Waals surface area contributed by atoms with E-state index in [4.69, 9.17) is 5.73 Å². The topological polar surface area (TPSA) is 87.8 Å². The fourth-order valence-electron chi connectivity index (χ4n) is 1.67. The monoisotopic (exact) mass is 268 g/mol. The number of nitrogens with two attached hydrogens (primary N) is 1. The van der Waals surface area contributed by atoms with E-state index in [2.05, 4.69) is 10.4 Å². The van der Waals surface area contributed by atoms with E-state index in [-0.39, 0.29) is 10.1 Å². The number of hydrogen-bond acceptors (Lipinski definition) is 5. The van der Waals surface area contributed by atoms with E-state index in [0.29, 0.717) is 13.1 Å². The lowest BCUT2D eigenvalue weighted by Crippen LogP contribution is -2.42. The Morgan fingerprint density at radius 2 is 1.83 bits per heavy atom. The lowest BCUT2D eigenvalue weighted by atomic mass is 10.4. The highest BCUT2D eigenvalue weighted by atomic mass is 32.2. The first-order chi connectivity index (χ1) is 8.60. The third kappa shape index (κ3) is 2.80. The highest BCUT2D eigenvalue weighted by Gasteiger charge is 2.20. The second-order valence-corrected chi connectivity index (χ2v) is 5.85. The van der Waals surface area contributed by atoms with Crippen molar-refractivity contribution in [2.45, 2.75) is 4.90 Å². The van der Waals surface area contributed by atoms with Gasteiger partial charge in [-0.3, -0.25) is 5.01 Å². The predicted molar refractivity (Wildman–Crippen MR) is 69.7 cm³/mol. The van der Waals surface area contributed by atoms with Crippen LogP contribution < -0.4 is 11.1 Å². The van der Waals surface area contributed by atoms with Gasteiger partial charge in [0.15, 0.2) is 0 Å². The number of nitrogens with zero attached hydrogens (tertiary/aromatic N) is 2. The average Bonchev–Trinajstić information content (AvgIpc) is 2.41. The first kappa shape index (κ1) is 12.8. The van der Waals surface area contributed by atoms with Crippen LogP contribution in [0.5, 0.6) is 0 Å². The molecule has 1 aromatic rings. The second kappa shape index (κ2) is 5.36. The summed E-state index contributed by atoms with van der Waals surface area (Å²) in [5.41, 5.74) is 5.61. The van der Waals surface area contributed by atoms with Crippen molar-refractivity contribution in [3.63, 3.8) is 0 Å². The summed E-state index contributed by atoms with van der Waals surface area (Å²) in [6.45, 7) is 2.88. The first-order valence-electron chi connectivity index (χ1n) is 5.70. The maximum Gasteiger partial charge on any atom is 0.241 e. The van der Waals surface area contributed by atoms with Gasteiger partial charge >= 0.3 is 0 Å². The molecule has 6 nitrogen and oxygen atoms in total. The third-order valence-electron chi connectivity index (χ3n) is 2.66. The number of benzene rings is 1. The average molecular weight is 268 g/mol. The number of sulfone groups is 1. The van der Waals surface area contributed by atoms with Crippen LogP contribution in [0.2, 0.25) is 0 Å². The summed E-state index contributed by atoms with van der Waals surface area (Å²) < 4.78 is 24.2. The van der Waals surface area contributed by atoms with Gasteiger partial charge in [-0.2, -0.15) is 0 Å². The van der Waals surface area contributed by atoms with Crippen molar-refractivity contribution in [2.24, 2.45) is 10.8 Å². The highest BCUT2D eigenvalue weighted by molar-refractivity contribution is 8.06. The van der Waals surface area contributed by atoms with Crippen LogP contribution in [-0.2, 0) is 9.84 Å². The zero-order valence-electron chi connectivity index (χ0n) is 9.91. The summed E-state index contributed by atoms with van der Waals surface area (Å²) in [4.78, 5) is 0.168. The molecule has 2 rings (SSSR count). The van der Waals surface area contributed by atoms with Gasteiger partial charge in [0.05, 0.1) is 4.90 Å². The van der Waals surface area contributed by atoms with Crippen LogP contribution in [0.15, 0.2) is 40.3 Å². The Labute approximate surface area is 106 Å².